The Morgan fingerprint density at radius 1 is 1.24 bits per heavy atom. The van der Waals surface area contributed by atoms with Crippen LogP contribution in [0.5, 0.6) is 0 Å². The highest BCUT2D eigenvalue weighted by Gasteiger charge is 2.54. The van der Waals surface area contributed by atoms with E-state index in [0.717, 1.165) is 12.0 Å². The second-order valence-electron chi connectivity index (χ2n) is 6.48. The maximum atomic E-state index is 12.4. The zero-order chi connectivity index (χ0) is 14.8. The highest BCUT2D eigenvalue weighted by molar-refractivity contribution is 5.82. The van der Waals surface area contributed by atoms with E-state index >= 15 is 0 Å². The molecule has 3 rings (SSSR count). The SMILES string of the molecule is CCc1ccc(C(CO)NC(=O)C2C3CCCCC32)cc1. The lowest BCUT2D eigenvalue weighted by Crippen LogP contribution is -2.32. The van der Waals surface area contributed by atoms with Crippen molar-refractivity contribution in [2.75, 3.05) is 6.61 Å². The van der Waals surface area contributed by atoms with E-state index in [1.54, 1.807) is 0 Å². The first-order valence-corrected chi connectivity index (χ1v) is 8.24. The Morgan fingerprint density at radius 3 is 2.38 bits per heavy atom. The first-order chi connectivity index (χ1) is 10.2. The highest BCUT2D eigenvalue weighted by atomic mass is 16.3. The van der Waals surface area contributed by atoms with Crippen LogP contribution in [0.25, 0.3) is 0 Å². The highest BCUT2D eigenvalue weighted by Crippen LogP contribution is 2.55. The summed E-state index contributed by atoms with van der Waals surface area (Å²) in [7, 11) is 0. The van der Waals surface area contributed by atoms with Gasteiger partial charge in [0.2, 0.25) is 5.91 Å². The standard InChI is InChI=1S/C18H25NO2/c1-2-12-7-9-13(10-8-12)16(11-20)19-18(21)17-14-5-3-4-6-15(14)17/h7-10,14-17,20H,2-6,11H2,1H3,(H,19,21). The summed E-state index contributed by atoms with van der Waals surface area (Å²) in [4.78, 5) is 12.4. The minimum absolute atomic E-state index is 0.0424. The van der Waals surface area contributed by atoms with Crippen molar-refractivity contribution in [2.24, 2.45) is 17.8 Å². The molecule has 1 aromatic carbocycles. The monoisotopic (exact) mass is 287 g/mol. The number of rotatable bonds is 5. The molecule has 2 aliphatic rings. The number of benzene rings is 1. The molecule has 0 radical (unpaired) electrons. The molecule has 2 aliphatic carbocycles. The number of aliphatic hydroxyl groups excluding tert-OH is 1. The van der Waals surface area contributed by atoms with Crippen LogP contribution in [0.15, 0.2) is 24.3 Å². The smallest absolute Gasteiger partial charge is 0.224 e. The zero-order valence-electron chi connectivity index (χ0n) is 12.7. The molecule has 3 nitrogen and oxygen atoms in total. The minimum atomic E-state index is -0.272. The number of aliphatic hydroxyl groups is 1. The third kappa shape index (κ3) is 2.98. The normalized spacial score (nSPS) is 28.6. The van der Waals surface area contributed by atoms with Crippen LogP contribution >= 0.6 is 0 Å². The molecule has 2 fully saturated rings. The van der Waals surface area contributed by atoms with Crippen molar-refractivity contribution < 1.29 is 9.90 Å². The fourth-order valence-electron chi connectivity index (χ4n) is 3.87. The van der Waals surface area contributed by atoms with Gasteiger partial charge in [0, 0.05) is 5.92 Å². The molecule has 2 saturated carbocycles. The van der Waals surface area contributed by atoms with Gasteiger partial charge in [-0.25, -0.2) is 0 Å². The molecule has 2 N–H and O–H groups in total. The van der Waals surface area contributed by atoms with Gasteiger partial charge in [-0.3, -0.25) is 4.79 Å². The topological polar surface area (TPSA) is 49.3 Å². The van der Waals surface area contributed by atoms with Crippen molar-refractivity contribution in [1.29, 1.82) is 0 Å². The van der Waals surface area contributed by atoms with E-state index in [-0.39, 0.29) is 24.5 Å². The van der Waals surface area contributed by atoms with Crippen molar-refractivity contribution >= 4 is 5.91 Å². The molecule has 0 saturated heterocycles. The molecule has 0 spiro atoms. The number of fused-ring (bicyclic) bond motifs is 1. The van der Waals surface area contributed by atoms with Gasteiger partial charge in [-0.05, 0) is 42.2 Å². The van der Waals surface area contributed by atoms with Crippen LogP contribution < -0.4 is 5.32 Å². The van der Waals surface area contributed by atoms with Crippen LogP contribution in [-0.4, -0.2) is 17.6 Å². The average molecular weight is 287 g/mol. The number of aryl methyl sites for hydroxylation is 1. The van der Waals surface area contributed by atoms with E-state index in [4.69, 9.17) is 0 Å². The molecule has 21 heavy (non-hydrogen) atoms. The van der Waals surface area contributed by atoms with Gasteiger partial charge in [-0.2, -0.15) is 0 Å². The second kappa shape index (κ2) is 6.18. The van der Waals surface area contributed by atoms with Crippen molar-refractivity contribution in [3.63, 3.8) is 0 Å². The summed E-state index contributed by atoms with van der Waals surface area (Å²) >= 11 is 0. The lowest BCUT2D eigenvalue weighted by Gasteiger charge is -2.17. The Morgan fingerprint density at radius 2 is 1.86 bits per heavy atom. The van der Waals surface area contributed by atoms with E-state index in [1.165, 1.54) is 31.2 Å². The van der Waals surface area contributed by atoms with Crippen LogP contribution in [0.1, 0.15) is 49.8 Å². The van der Waals surface area contributed by atoms with Crippen LogP contribution in [0.2, 0.25) is 0 Å². The first kappa shape index (κ1) is 14.6. The lowest BCUT2D eigenvalue weighted by molar-refractivity contribution is -0.124. The number of carbonyl (C=O) groups is 1. The fourth-order valence-corrected chi connectivity index (χ4v) is 3.87. The summed E-state index contributed by atoms with van der Waals surface area (Å²) in [6, 6.07) is 7.90. The van der Waals surface area contributed by atoms with Crippen molar-refractivity contribution in [1.82, 2.24) is 5.32 Å². The van der Waals surface area contributed by atoms with Crippen molar-refractivity contribution in [3.05, 3.63) is 35.4 Å². The third-order valence-electron chi connectivity index (χ3n) is 5.25. The maximum Gasteiger partial charge on any atom is 0.224 e. The average Bonchev–Trinajstić information content (AvgIpc) is 3.27. The summed E-state index contributed by atoms with van der Waals surface area (Å²) in [6.45, 7) is 2.08. The summed E-state index contributed by atoms with van der Waals surface area (Å²) in [5.74, 6) is 1.57. The molecular formula is C18H25NO2. The van der Waals surface area contributed by atoms with Gasteiger partial charge < -0.3 is 10.4 Å². The first-order valence-electron chi connectivity index (χ1n) is 8.24. The predicted molar refractivity (Wildman–Crippen MR) is 82.7 cm³/mol. The molecule has 1 aromatic rings. The van der Waals surface area contributed by atoms with E-state index in [2.05, 4.69) is 24.4 Å². The Bertz CT molecular complexity index is 484. The van der Waals surface area contributed by atoms with Crippen molar-refractivity contribution in [2.45, 2.75) is 45.1 Å². The molecule has 114 valence electrons. The minimum Gasteiger partial charge on any atom is -0.394 e. The number of hydrogen-bond donors (Lipinski definition) is 2. The Balaban J connectivity index is 1.62. The van der Waals surface area contributed by atoms with Gasteiger partial charge in [-0.1, -0.05) is 44.0 Å². The van der Waals surface area contributed by atoms with Crippen molar-refractivity contribution in [3.8, 4) is 0 Å². The Hall–Kier alpha value is -1.35. The summed E-state index contributed by atoms with van der Waals surface area (Å²) < 4.78 is 0. The number of nitrogens with one attached hydrogen (secondary N) is 1. The number of hydrogen-bond acceptors (Lipinski definition) is 2. The molecular weight excluding hydrogens is 262 g/mol. The van der Waals surface area contributed by atoms with E-state index < -0.39 is 0 Å². The van der Waals surface area contributed by atoms with Crippen LogP contribution in [0, 0.1) is 17.8 Å². The zero-order valence-corrected chi connectivity index (χ0v) is 12.7. The van der Waals surface area contributed by atoms with Gasteiger partial charge in [0.05, 0.1) is 12.6 Å². The van der Waals surface area contributed by atoms with Gasteiger partial charge in [0.1, 0.15) is 0 Å². The Labute approximate surface area is 126 Å². The quantitative estimate of drug-likeness (QED) is 0.875. The van der Waals surface area contributed by atoms with Gasteiger partial charge in [0.25, 0.3) is 0 Å². The summed E-state index contributed by atoms with van der Waals surface area (Å²) in [6.07, 6.45) is 5.96. The second-order valence-corrected chi connectivity index (χ2v) is 6.48. The van der Waals surface area contributed by atoms with Crippen LogP contribution in [-0.2, 0) is 11.2 Å². The van der Waals surface area contributed by atoms with E-state index in [9.17, 15) is 9.90 Å². The molecule has 3 unspecified atom stereocenters. The Kier molecular flexibility index (Phi) is 4.29. The molecule has 3 heteroatoms. The molecule has 0 aromatic heterocycles. The van der Waals surface area contributed by atoms with Gasteiger partial charge >= 0.3 is 0 Å². The number of carbonyl (C=O) groups excluding carboxylic acids is 1. The molecule has 1 amide bonds. The van der Waals surface area contributed by atoms with Gasteiger partial charge in [0.15, 0.2) is 0 Å². The number of amides is 1. The van der Waals surface area contributed by atoms with Gasteiger partial charge in [-0.15, -0.1) is 0 Å². The maximum absolute atomic E-state index is 12.4. The summed E-state index contributed by atoms with van der Waals surface area (Å²) in [5.41, 5.74) is 2.27. The summed E-state index contributed by atoms with van der Waals surface area (Å²) in [5, 5.41) is 12.7. The largest absolute Gasteiger partial charge is 0.394 e. The van der Waals surface area contributed by atoms with E-state index in [0.29, 0.717) is 11.8 Å². The van der Waals surface area contributed by atoms with Crippen LogP contribution in [0.4, 0.5) is 0 Å². The molecule has 0 aliphatic heterocycles. The lowest BCUT2D eigenvalue weighted by atomic mass is 10.0. The predicted octanol–water partition coefficient (Wildman–Crippen LogP) is 2.83. The molecule has 3 atom stereocenters. The third-order valence-corrected chi connectivity index (χ3v) is 5.25. The molecule has 0 bridgehead atoms. The fraction of sp³-hybridized carbons (Fsp3) is 0.611. The van der Waals surface area contributed by atoms with Crippen LogP contribution in [0.3, 0.4) is 0 Å². The molecule has 0 heterocycles. The van der Waals surface area contributed by atoms with E-state index in [1.807, 2.05) is 12.1 Å².